The Morgan fingerprint density at radius 3 is 2.68 bits per heavy atom. The zero-order valence-corrected chi connectivity index (χ0v) is 15.0. The SMILES string of the molecule is CC(C)(C)[Si](C)(C)OC[C@H]1O[C@@H]2OCC3=CC(=O)[C@H]([C@@H]1O)[C@@H]32. The number of allylic oxidation sites excluding steroid dienone is 1. The van der Waals surface area contributed by atoms with Crippen LogP contribution in [-0.4, -0.2) is 50.9 Å². The zero-order chi connectivity index (χ0) is 16.3. The molecule has 0 aromatic rings. The molecule has 0 bridgehead atoms. The second-order valence-corrected chi connectivity index (χ2v) is 12.9. The summed E-state index contributed by atoms with van der Waals surface area (Å²) in [7, 11) is -1.92. The lowest BCUT2D eigenvalue weighted by molar-refractivity contribution is -0.238. The quantitative estimate of drug-likeness (QED) is 0.802. The first kappa shape index (κ1) is 16.3. The standard InChI is InChI=1S/C16H26O5Si/c1-16(2,3)22(4,5)20-8-11-14(18)13-10(17)6-9-7-19-15(21-11)12(9)13/h6,11-15,18H,7-8H2,1-5H3/t11-,12-,13+,14-,15+/m1/s1. The Morgan fingerprint density at radius 2 is 2.05 bits per heavy atom. The lowest BCUT2D eigenvalue weighted by Gasteiger charge is -2.42. The van der Waals surface area contributed by atoms with Gasteiger partial charge in [-0.1, -0.05) is 20.8 Å². The van der Waals surface area contributed by atoms with E-state index in [0.717, 1.165) is 5.57 Å². The molecule has 22 heavy (non-hydrogen) atoms. The van der Waals surface area contributed by atoms with Crippen molar-refractivity contribution >= 4 is 14.1 Å². The molecule has 0 aromatic carbocycles. The lowest BCUT2D eigenvalue weighted by Crippen LogP contribution is -2.54. The number of rotatable bonds is 3. The van der Waals surface area contributed by atoms with E-state index in [1.54, 1.807) is 6.08 Å². The number of hydrogen-bond acceptors (Lipinski definition) is 5. The van der Waals surface area contributed by atoms with E-state index in [2.05, 4.69) is 33.9 Å². The third-order valence-corrected chi connectivity index (χ3v) is 10.2. The minimum absolute atomic E-state index is 0.00132. The van der Waals surface area contributed by atoms with Gasteiger partial charge in [0.05, 0.1) is 25.2 Å². The van der Waals surface area contributed by atoms with E-state index < -0.39 is 32.7 Å². The fraction of sp³-hybridized carbons (Fsp3) is 0.812. The Bertz CT molecular complexity index is 507. The normalized spacial score (nSPS) is 38.2. The molecule has 2 saturated heterocycles. The summed E-state index contributed by atoms with van der Waals surface area (Å²) in [6.45, 7) is 11.6. The van der Waals surface area contributed by atoms with Gasteiger partial charge in [-0.15, -0.1) is 0 Å². The number of ketones is 1. The monoisotopic (exact) mass is 326 g/mol. The average Bonchev–Trinajstić information content (AvgIpc) is 2.92. The summed E-state index contributed by atoms with van der Waals surface area (Å²) < 4.78 is 17.7. The van der Waals surface area contributed by atoms with Gasteiger partial charge in [0.25, 0.3) is 0 Å². The van der Waals surface area contributed by atoms with Crippen LogP contribution in [0.15, 0.2) is 11.6 Å². The van der Waals surface area contributed by atoms with Crippen molar-refractivity contribution in [2.24, 2.45) is 11.8 Å². The molecule has 0 unspecified atom stereocenters. The largest absolute Gasteiger partial charge is 0.414 e. The summed E-state index contributed by atoms with van der Waals surface area (Å²) in [5.74, 6) is -0.530. The number of ether oxygens (including phenoxy) is 2. The van der Waals surface area contributed by atoms with E-state index in [0.29, 0.717) is 13.2 Å². The average molecular weight is 326 g/mol. The first-order chi connectivity index (χ1) is 10.1. The molecule has 3 aliphatic rings. The first-order valence-corrected chi connectivity index (χ1v) is 10.9. The number of aliphatic hydroxyl groups excluding tert-OH is 1. The number of carbonyl (C=O) groups is 1. The zero-order valence-electron chi connectivity index (χ0n) is 14.0. The van der Waals surface area contributed by atoms with Gasteiger partial charge >= 0.3 is 0 Å². The smallest absolute Gasteiger partial charge is 0.192 e. The van der Waals surface area contributed by atoms with Crippen LogP contribution in [0.5, 0.6) is 0 Å². The molecule has 0 radical (unpaired) electrons. The number of carbonyl (C=O) groups excluding carboxylic acids is 1. The van der Waals surface area contributed by atoms with Crippen molar-refractivity contribution in [2.45, 2.75) is 57.4 Å². The molecule has 5 atom stereocenters. The molecule has 2 fully saturated rings. The predicted octanol–water partition coefficient (Wildman–Crippen LogP) is 1.87. The molecular weight excluding hydrogens is 300 g/mol. The van der Waals surface area contributed by atoms with E-state index in [-0.39, 0.29) is 16.7 Å². The Balaban J connectivity index is 1.70. The van der Waals surface area contributed by atoms with Crippen LogP contribution in [0.3, 0.4) is 0 Å². The molecular formula is C16H26O5Si. The molecule has 0 amide bonds. The molecule has 0 spiro atoms. The fourth-order valence-electron chi connectivity index (χ4n) is 3.18. The van der Waals surface area contributed by atoms with Crippen molar-refractivity contribution < 1.29 is 23.8 Å². The van der Waals surface area contributed by atoms with Gasteiger partial charge in [0.1, 0.15) is 6.10 Å². The van der Waals surface area contributed by atoms with Crippen LogP contribution in [0.1, 0.15) is 20.8 Å². The van der Waals surface area contributed by atoms with Crippen molar-refractivity contribution in [3.63, 3.8) is 0 Å². The Hall–Kier alpha value is -0.533. The van der Waals surface area contributed by atoms with Crippen molar-refractivity contribution in [1.82, 2.24) is 0 Å². The second-order valence-electron chi connectivity index (χ2n) is 8.09. The minimum Gasteiger partial charge on any atom is -0.414 e. The van der Waals surface area contributed by atoms with Crippen molar-refractivity contribution in [3.05, 3.63) is 11.6 Å². The third-order valence-electron chi connectivity index (χ3n) is 5.65. The van der Waals surface area contributed by atoms with Crippen molar-refractivity contribution in [3.8, 4) is 0 Å². The van der Waals surface area contributed by atoms with Crippen LogP contribution in [0.2, 0.25) is 18.1 Å². The highest BCUT2D eigenvalue weighted by Gasteiger charge is 2.55. The molecule has 2 heterocycles. The van der Waals surface area contributed by atoms with Gasteiger partial charge in [-0.2, -0.15) is 0 Å². The first-order valence-electron chi connectivity index (χ1n) is 7.95. The molecule has 1 N–H and O–H groups in total. The molecule has 1 aliphatic carbocycles. The number of aliphatic hydroxyl groups is 1. The van der Waals surface area contributed by atoms with Crippen LogP contribution in [0.25, 0.3) is 0 Å². The Morgan fingerprint density at radius 1 is 1.36 bits per heavy atom. The topological polar surface area (TPSA) is 65.0 Å². The highest BCUT2D eigenvalue weighted by Crippen LogP contribution is 2.46. The van der Waals surface area contributed by atoms with E-state index in [1.165, 1.54) is 0 Å². The van der Waals surface area contributed by atoms with E-state index >= 15 is 0 Å². The van der Waals surface area contributed by atoms with Gasteiger partial charge < -0.3 is 19.0 Å². The van der Waals surface area contributed by atoms with Gasteiger partial charge in [0.15, 0.2) is 20.4 Å². The van der Waals surface area contributed by atoms with E-state index in [4.69, 9.17) is 13.9 Å². The van der Waals surface area contributed by atoms with Gasteiger partial charge in [-0.05, 0) is 29.8 Å². The molecule has 3 rings (SSSR count). The van der Waals surface area contributed by atoms with Gasteiger partial charge in [-0.25, -0.2) is 0 Å². The maximum Gasteiger partial charge on any atom is 0.192 e. The minimum atomic E-state index is -1.92. The summed E-state index contributed by atoms with van der Waals surface area (Å²) in [4.78, 5) is 12.1. The predicted molar refractivity (Wildman–Crippen MR) is 83.8 cm³/mol. The van der Waals surface area contributed by atoms with E-state index in [1.807, 2.05) is 0 Å². The third kappa shape index (κ3) is 2.51. The van der Waals surface area contributed by atoms with Crippen LogP contribution in [0.4, 0.5) is 0 Å². The molecule has 0 aromatic heterocycles. The van der Waals surface area contributed by atoms with E-state index in [9.17, 15) is 9.90 Å². The highest BCUT2D eigenvalue weighted by atomic mass is 28.4. The Labute approximate surface area is 132 Å². The fourth-order valence-corrected chi connectivity index (χ4v) is 4.19. The van der Waals surface area contributed by atoms with Crippen LogP contribution < -0.4 is 0 Å². The Kier molecular flexibility index (Phi) is 3.89. The maximum absolute atomic E-state index is 12.1. The van der Waals surface area contributed by atoms with Gasteiger partial charge in [-0.3, -0.25) is 4.79 Å². The second kappa shape index (κ2) is 5.24. The summed E-state index contributed by atoms with van der Waals surface area (Å²) in [5, 5.41) is 10.7. The van der Waals surface area contributed by atoms with Crippen LogP contribution in [0, 0.1) is 11.8 Å². The molecule has 0 saturated carbocycles. The van der Waals surface area contributed by atoms with Crippen molar-refractivity contribution in [1.29, 1.82) is 0 Å². The summed E-state index contributed by atoms with van der Waals surface area (Å²) >= 11 is 0. The highest BCUT2D eigenvalue weighted by molar-refractivity contribution is 6.74. The molecule has 6 heteroatoms. The van der Waals surface area contributed by atoms with Crippen LogP contribution in [-0.2, 0) is 18.7 Å². The van der Waals surface area contributed by atoms with Crippen LogP contribution >= 0.6 is 0 Å². The summed E-state index contributed by atoms with van der Waals surface area (Å²) in [5.41, 5.74) is 0.961. The lowest BCUT2D eigenvalue weighted by atomic mass is 9.82. The summed E-state index contributed by atoms with van der Waals surface area (Å²) in [6, 6.07) is 0. The summed E-state index contributed by atoms with van der Waals surface area (Å²) in [6.07, 6.45) is -0.123. The van der Waals surface area contributed by atoms with Gasteiger partial charge in [0.2, 0.25) is 0 Å². The molecule has 124 valence electrons. The van der Waals surface area contributed by atoms with Gasteiger partial charge in [0, 0.05) is 5.92 Å². The molecule has 2 aliphatic heterocycles. The maximum atomic E-state index is 12.1. The van der Waals surface area contributed by atoms with Crippen molar-refractivity contribution in [2.75, 3.05) is 13.2 Å². The number of hydrogen-bond donors (Lipinski definition) is 1. The molecule has 5 nitrogen and oxygen atoms in total.